The van der Waals surface area contributed by atoms with E-state index in [0.29, 0.717) is 5.02 Å². The Labute approximate surface area is 171 Å². The average molecular weight is 416 g/mol. The Balaban J connectivity index is 1.89. The van der Waals surface area contributed by atoms with Crippen molar-refractivity contribution in [3.63, 3.8) is 0 Å². The lowest BCUT2D eigenvalue weighted by Gasteiger charge is -2.17. The molecule has 0 bridgehead atoms. The molecule has 0 heterocycles. The highest BCUT2D eigenvalue weighted by Crippen LogP contribution is 2.34. The van der Waals surface area contributed by atoms with Crippen LogP contribution in [0.5, 0.6) is 0 Å². The van der Waals surface area contributed by atoms with Gasteiger partial charge in [-0.2, -0.15) is 0 Å². The van der Waals surface area contributed by atoms with E-state index >= 15 is 0 Å². The minimum absolute atomic E-state index is 0.665. The fraction of sp³-hybridized carbons (Fsp3) is 0.136. The van der Waals surface area contributed by atoms with Gasteiger partial charge in [-0.1, -0.05) is 59.6 Å². The Morgan fingerprint density at radius 1 is 1.04 bits per heavy atom. The first-order valence-corrected chi connectivity index (χ1v) is 11.6. The van der Waals surface area contributed by atoms with Crippen LogP contribution in [0.3, 0.4) is 0 Å². The van der Waals surface area contributed by atoms with Gasteiger partial charge in [-0.25, -0.2) is 4.21 Å². The SMILES string of the molecule is CC=S(=O)(Nc1ccc(Cl)cc1SCc1ccccc1)c1ccc(C)cc1. The Kier molecular flexibility index (Phi) is 6.53. The van der Waals surface area contributed by atoms with Gasteiger partial charge in [-0.05, 0) is 55.1 Å². The first-order chi connectivity index (χ1) is 13.0. The molecule has 0 fully saturated rings. The molecule has 1 atom stereocenters. The monoisotopic (exact) mass is 415 g/mol. The van der Waals surface area contributed by atoms with E-state index < -0.39 is 9.71 Å². The summed E-state index contributed by atoms with van der Waals surface area (Å²) in [5.74, 6) is 0.817. The van der Waals surface area contributed by atoms with Crippen molar-refractivity contribution in [3.8, 4) is 0 Å². The standard InChI is InChI=1S/C22H22ClNOS2/c1-3-27(25,20-12-9-17(2)10-13-20)24-21-14-11-19(23)15-22(21)26-16-18-7-5-4-6-8-18/h3-15H,16H2,1-2H3,(H,24,25). The number of hydrogen-bond acceptors (Lipinski definition) is 2. The summed E-state index contributed by atoms with van der Waals surface area (Å²) in [6.45, 7) is 3.84. The third kappa shape index (κ3) is 5.10. The lowest BCUT2D eigenvalue weighted by molar-refractivity contribution is 0.684. The fourth-order valence-corrected chi connectivity index (χ4v) is 5.45. The molecule has 0 amide bonds. The van der Waals surface area contributed by atoms with Crippen LogP contribution in [0.15, 0.2) is 82.6 Å². The van der Waals surface area contributed by atoms with Gasteiger partial charge in [0.05, 0.1) is 15.4 Å². The van der Waals surface area contributed by atoms with Gasteiger partial charge in [0, 0.05) is 20.6 Å². The van der Waals surface area contributed by atoms with Gasteiger partial charge < -0.3 is 4.72 Å². The Hall–Kier alpha value is -1.88. The van der Waals surface area contributed by atoms with E-state index in [1.54, 1.807) is 17.1 Å². The Bertz CT molecular complexity index is 1020. The predicted molar refractivity (Wildman–Crippen MR) is 120 cm³/mol. The molecule has 1 N–H and O–H groups in total. The number of anilines is 1. The van der Waals surface area contributed by atoms with Gasteiger partial charge in [0.1, 0.15) is 0 Å². The molecule has 0 saturated carbocycles. The maximum Gasteiger partial charge on any atom is 0.0766 e. The van der Waals surface area contributed by atoms with Crippen molar-refractivity contribution in [3.05, 3.63) is 88.9 Å². The van der Waals surface area contributed by atoms with E-state index in [0.717, 1.165) is 26.8 Å². The highest BCUT2D eigenvalue weighted by molar-refractivity contribution is 8.02. The second kappa shape index (κ2) is 8.87. The molecular weight excluding hydrogens is 394 g/mol. The largest absolute Gasteiger partial charge is 0.308 e. The predicted octanol–water partition coefficient (Wildman–Crippen LogP) is 6.43. The lowest BCUT2D eigenvalue weighted by Crippen LogP contribution is -2.15. The van der Waals surface area contributed by atoms with E-state index in [4.69, 9.17) is 11.6 Å². The fourth-order valence-electron chi connectivity index (χ4n) is 2.59. The third-order valence-electron chi connectivity index (χ3n) is 4.15. The summed E-state index contributed by atoms with van der Waals surface area (Å²) in [5, 5.41) is 2.40. The summed E-state index contributed by atoms with van der Waals surface area (Å²) in [4.78, 5) is 1.75. The van der Waals surface area contributed by atoms with E-state index in [2.05, 4.69) is 16.9 Å². The van der Waals surface area contributed by atoms with Crippen LogP contribution in [-0.2, 0) is 15.5 Å². The first kappa shape index (κ1) is 19.9. The maximum atomic E-state index is 13.5. The van der Waals surface area contributed by atoms with Crippen LogP contribution in [0.2, 0.25) is 5.02 Å². The summed E-state index contributed by atoms with van der Waals surface area (Å²) in [6, 6.07) is 23.7. The van der Waals surface area contributed by atoms with E-state index in [1.165, 1.54) is 5.56 Å². The molecule has 0 radical (unpaired) electrons. The van der Waals surface area contributed by atoms with Crippen molar-refractivity contribution in [1.29, 1.82) is 0 Å². The van der Waals surface area contributed by atoms with Crippen molar-refractivity contribution in [2.75, 3.05) is 4.72 Å². The first-order valence-electron chi connectivity index (χ1n) is 8.64. The molecule has 140 valence electrons. The second-order valence-corrected chi connectivity index (χ2v) is 9.97. The maximum absolute atomic E-state index is 13.5. The molecule has 0 aliphatic carbocycles. The number of nitrogens with one attached hydrogen (secondary N) is 1. The summed E-state index contributed by atoms with van der Waals surface area (Å²) in [7, 11) is -2.53. The zero-order chi connectivity index (χ0) is 19.3. The minimum atomic E-state index is -2.53. The molecule has 0 aliphatic rings. The molecule has 3 rings (SSSR count). The number of halogens is 1. The van der Waals surface area contributed by atoms with Gasteiger partial charge in [-0.3, -0.25) is 0 Å². The number of hydrogen-bond donors (Lipinski definition) is 1. The van der Waals surface area contributed by atoms with Crippen LogP contribution in [-0.4, -0.2) is 9.58 Å². The molecule has 3 aromatic rings. The van der Waals surface area contributed by atoms with Crippen molar-refractivity contribution in [2.24, 2.45) is 0 Å². The molecular formula is C22H22ClNOS2. The molecule has 0 saturated heterocycles. The van der Waals surface area contributed by atoms with Gasteiger partial charge in [0.25, 0.3) is 0 Å². The quantitative estimate of drug-likeness (QED) is 0.371. The smallest absolute Gasteiger partial charge is 0.0766 e. The summed E-state index contributed by atoms with van der Waals surface area (Å²) >= 11 is 7.89. The zero-order valence-electron chi connectivity index (χ0n) is 15.3. The molecule has 1 unspecified atom stereocenters. The normalized spacial score (nSPS) is 13.0. The van der Waals surface area contributed by atoms with Gasteiger partial charge >= 0.3 is 0 Å². The highest BCUT2D eigenvalue weighted by Gasteiger charge is 2.13. The van der Waals surface area contributed by atoms with Crippen LogP contribution in [0.4, 0.5) is 5.69 Å². The van der Waals surface area contributed by atoms with Gasteiger partial charge in [0.15, 0.2) is 0 Å². The van der Waals surface area contributed by atoms with E-state index in [9.17, 15) is 4.21 Å². The van der Waals surface area contributed by atoms with Crippen LogP contribution in [0.25, 0.3) is 0 Å². The number of benzene rings is 3. The molecule has 27 heavy (non-hydrogen) atoms. The molecule has 3 aromatic carbocycles. The van der Waals surface area contributed by atoms with Gasteiger partial charge in [-0.15, -0.1) is 11.8 Å². The lowest BCUT2D eigenvalue weighted by atomic mass is 10.2. The number of thioether (sulfide) groups is 1. The second-order valence-electron chi connectivity index (χ2n) is 6.17. The van der Waals surface area contributed by atoms with Gasteiger partial charge in [0.2, 0.25) is 0 Å². The van der Waals surface area contributed by atoms with Crippen LogP contribution in [0.1, 0.15) is 18.1 Å². The van der Waals surface area contributed by atoms with Crippen molar-refractivity contribution < 1.29 is 4.21 Å². The zero-order valence-corrected chi connectivity index (χ0v) is 17.7. The topological polar surface area (TPSA) is 29.1 Å². The molecule has 0 aromatic heterocycles. The molecule has 0 spiro atoms. The van der Waals surface area contributed by atoms with Crippen LogP contribution < -0.4 is 4.72 Å². The highest BCUT2D eigenvalue weighted by atomic mass is 35.5. The van der Waals surface area contributed by atoms with Crippen molar-refractivity contribution >= 4 is 44.1 Å². The van der Waals surface area contributed by atoms with Crippen LogP contribution >= 0.6 is 23.4 Å². The molecule has 0 aliphatic heterocycles. The number of aryl methyl sites for hydroxylation is 1. The Morgan fingerprint density at radius 3 is 2.41 bits per heavy atom. The molecule has 5 heteroatoms. The minimum Gasteiger partial charge on any atom is -0.308 e. The number of rotatable bonds is 6. The molecule has 2 nitrogen and oxygen atoms in total. The third-order valence-corrected chi connectivity index (χ3v) is 7.67. The van der Waals surface area contributed by atoms with Crippen molar-refractivity contribution in [1.82, 2.24) is 0 Å². The summed E-state index contributed by atoms with van der Waals surface area (Å²) in [6.07, 6.45) is 0. The van der Waals surface area contributed by atoms with E-state index in [-0.39, 0.29) is 0 Å². The summed E-state index contributed by atoms with van der Waals surface area (Å²) < 4.78 is 16.8. The average Bonchev–Trinajstić information content (AvgIpc) is 2.69. The van der Waals surface area contributed by atoms with E-state index in [1.807, 2.05) is 74.5 Å². The van der Waals surface area contributed by atoms with Crippen LogP contribution in [0, 0.1) is 6.92 Å². The Morgan fingerprint density at radius 2 is 1.74 bits per heavy atom. The van der Waals surface area contributed by atoms with Crippen molar-refractivity contribution in [2.45, 2.75) is 29.4 Å². The summed E-state index contributed by atoms with van der Waals surface area (Å²) in [5.41, 5.74) is 3.20.